The second-order valence-corrected chi connectivity index (χ2v) is 10.8. The summed E-state index contributed by atoms with van der Waals surface area (Å²) in [5, 5.41) is 14.3. The molecule has 0 spiro atoms. The maximum Gasteiger partial charge on any atom is 0.282 e. The summed E-state index contributed by atoms with van der Waals surface area (Å²) in [5.74, 6) is -0.746. The second kappa shape index (κ2) is 9.06. The minimum absolute atomic E-state index is 0.00871. The zero-order valence-electron chi connectivity index (χ0n) is 19.3. The van der Waals surface area contributed by atoms with Crippen LogP contribution < -0.4 is 5.32 Å². The summed E-state index contributed by atoms with van der Waals surface area (Å²) in [6, 6.07) is 7.66. The topological polar surface area (TPSA) is 126 Å². The standard InChI is InChI=1S/C22H25FN8O3S/c1-14(2)31-21(26-27-28-31)19-6-5-7-20(24-19)25-22(32)17-10-15-12-30(13-16(15)11-18(17)23)35(33,34)29-8-3-4-9-29/h5-7,10-11,14H,3-4,8-9,12-13H2,1-2H3,(H,24,25,32). The number of nitrogens with zero attached hydrogens (tertiary/aromatic N) is 7. The van der Waals surface area contributed by atoms with Crippen molar-refractivity contribution >= 4 is 21.9 Å². The van der Waals surface area contributed by atoms with Gasteiger partial charge in [-0.15, -0.1) is 5.10 Å². The average molecular weight is 501 g/mol. The van der Waals surface area contributed by atoms with Crippen molar-refractivity contribution < 1.29 is 17.6 Å². The monoisotopic (exact) mass is 500 g/mol. The number of anilines is 1. The van der Waals surface area contributed by atoms with Gasteiger partial charge in [0.2, 0.25) is 5.82 Å². The van der Waals surface area contributed by atoms with E-state index in [0.29, 0.717) is 35.7 Å². The Labute approximate surface area is 202 Å². The van der Waals surface area contributed by atoms with Crippen LogP contribution in [0.2, 0.25) is 0 Å². The number of pyridine rings is 1. The van der Waals surface area contributed by atoms with Gasteiger partial charge in [0.15, 0.2) is 0 Å². The van der Waals surface area contributed by atoms with Gasteiger partial charge in [0.05, 0.1) is 11.6 Å². The molecule has 0 aliphatic carbocycles. The maximum absolute atomic E-state index is 14.9. The van der Waals surface area contributed by atoms with Gasteiger partial charge in [-0.2, -0.15) is 17.0 Å². The van der Waals surface area contributed by atoms with E-state index in [0.717, 1.165) is 12.8 Å². The van der Waals surface area contributed by atoms with Gasteiger partial charge in [-0.05, 0) is 72.5 Å². The molecule has 13 heteroatoms. The number of amides is 1. The SMILES string of the molecule is CC(C)n1nnnc1-c1cccc(NC(=O)c2cc3c(cc2F)CN(S(=O)(=O)N2CCCC2)C3)n1. The summed E-state index contributed by atoms with van der Waals surface area (Å²) in [7, 11) is -3.62. The molecule has 5 rings (SSSR count). The Balaban J connectivity index is 1.35. The molecule has 1 N–H and O–H groups in total. The molecule has 2 aliphatic heterocycles. The Hall–Kier alpha value is -3.29. The number of carbonyl (C=O) groups excluding carboxylic acids is 1. The van der Waals surface area contributed by atoms with E-state index < -0.39 is 21.9 Å². The van der Waals surface area contributed by atoms with Gasteiger partial charge in [-0.25, -0.2) is 14.1 Å². The van der Waals surface area contributed by atoms with Crippen molar-refractivity contribution in [2.45, 2.75) is 45.8 Å². The molecule has 35 heavy (non-hydrogen) atoms. The Morgan fingerprint density at radius 1 is 1.09 bits per heavy atom. The van der Waals surface area contributed by atoms with Crippen LogP contribution in [0, 0.1) is 5.82 Å². The third-order valence-electron chi connectivity index (χ3n) is 6.15. The fourth-order valence-corrected chi connectivity index (χ4v) is 5.98. The summed E-state index contributed by atoms with van der Waals surface area (Å²) >= 11 is 0. The van der Waals surface area contributed by atoms with E-state index in [4.69, 9.17) is 0 Å². The highest BCUT2D eigenvalue weighted by molar-refractivity contribution is 7.86. The number of tetrazole rings is 1. The lowest BCUT2D eigenvalue weighted by atomic mass is 10.1. The van der Waals surface area contributed by atoms with E-state index in [1.54, 1.807) is 22.9 Å². The van der Waals surface area contributed by atoms with Crippen molar-refractivity contribution in [3.63, 3.8) is 0 Å². The minimum Gasteiger partial charge on any atom is -0.306 e. The van der Waals surface area contributed by atoms with Gasteiger partial charge >= 0.3 is 0 Å². The molecule has 1 aromatic carbocycles. The van der Waals surface area contributed by atoms with Gasteiger partial charge in [0.1, 0.15) is 17.3 Å². The third-order valence-corrected chi connectivity index (χ3v) is 8.08. The fraction of sp³-hybridized carbons (Fsp3) is 0.409. The first-order chi connectivity index (χ1) is 16.7. The first-order valence-electron chi connectivity index (χ1n) is 11.4. The molecule has 2 aromatic heterocycles. The number of halogens is 1. The summed E-state index contributed by atoms with van der Waals surface area (Å²) in [4.78, 5) is 17.3. The first-order valence-corrected chi connectivity index (χ1v) is 12.8. The summed E-state index contributed by atoms with van der Waals surface area (Å²) in [5.41, 5.74) is 1.45. The van der Waals surface area contributed by atoms with Gasteiger partial charge in [0, 0.05) is 26.2 Å². The maximum atomic E-state index is 14.9. The van der Waals surface area contributed by atoms with E-state index in [2.05, 4.69) is 25.8 Å². The molecule has 0 saturated carbocycles. The van der Waals surface area contributed by atoms with Crippen LogP contribution in [0.3, 0.4) is 0 Å². The number of benzene rings is 1. The number of aromatic nitrogens is 5. The highest BCUT2D eigenvalue weighted by Gasteiger charge is 2.36. The lowest BCUT2D eigenvalue weighted by Gasteiger charge is -2.22. The number of carbonyl (C=O) groups is 1. The van der Waals surface area contributed by atoms with Crippen molar-refractivity contribution in [1.82, 2.24) is 33.8 Å². The van der Waals surface area contributed by atoms with E-state index in [9.17, 15) is 17.6 Å². The lowest BCUT2D eigenvalue weighted by molar-refractivity contribution is 0.102. The minimum atomic E-state index is -3.62. The lowest BCUT2D eigenvalue weighted by Crippen LogP contribution is -2.39. The van der Waals surface area contributed by atoms with Crippen LogP contribution in [0.25, 0.3) is 11.5 Å². The van der Waals surface area contributed by atoms with Crippen LogP contribution >= 0.6 is 0 Å². The van der Waals surface area contributed by atoms with E-state index in [1.165, 1.54) is 20.7 Å². The van der Waals surface area contributed by atoms with E-state index in [1.807, 2.05) is 13.8 Å². The molecule has 0 unspecified atom stereocenters. The highest BCUT2D eigenvalue weighted by Crippen LogP contribution is 2.30. The first kappa shape index (κ1) is 23.5. The van der Waals surface area contributed by atoms with Gasteiger partial charge in [-0.3, -0.25) is 4.79 Å². The molecule has 11 nitrogen and oxygen atoms in total. The summed E-state index contributed by atoms with van der Waals surface area (Å²) in [6.07, 6.45) is 1.67. The molecule has 1 saturated heterocycles. The molecule has 0 bridgehead atoms. The Morgan fingerprint density at radius 3 is 2.51 bits per heavy atom. The smallest absolute Gasteiger partial charge is 0.282 e. The second-order valence-electron chi connectivity index (χ2n) is 8.89. The van der Waals surface area contributed by atoms with E-state index in [-0.39, 0.29) is 30.5 Å². The molecule has 4 heterocycles. The quantitative estimate of drug-likeness (QED) is 0.551. The normalized spacial score (nSPS) is 16.7. The molecule has 1 fully saturated rings. The summed E-state index contributed by atoms with van der Waals surface area (Å²) in [6.45, 7) is 5.03. The zero-order valence-corrected chi connectivity index (χ0v) is 20.2. The molecular formula is C22H25FN8O3S. The van der Waals surface area contributed by atoms with Gasteiger partial charge in [-0.1, -0.05) is 6.07 Å². The van der Waals surface area contributed by atoms with Gasteiger partial charge in [0.25, 0.3) is 16.1 Å². The van der Waals surface area contributed by atoms with Crippen molar-refractivity contribution in [3.05, 3.63) is 52.8 Å². The predicted molar refractivity (Wildman–Crippen MR) is 125 cm³/mol. The third kappa shape index (κ3) is 4.42. The van der Waals surface area contributed by atoms with Crippen LogP contribution in [0.1, 0.15) is 54.2 Å². The zero-order chi connectivity index (χ0) is 24.7. The van der Waals surface area contributed by atoms with Crippen molar-refractivity contribution in [1.29, 1.82) is 0 Å². The van der Waals surface area contributed by atoms with Gasteiger partial charge < -0.3 is 5.32 Å². The number of hydrogen-bond donors (Lipinski definition) is 1. The number of hydrogen-bond acceptors (Lipinski definition) is 7. The number of fused-ring (bicyclic) bond motifs is 1. The van der Waals surface area contributed by atoms with Crippen LogP contribution in [0.15, 0.2) is 30.3 Å². The molecule has 184 valence electrons. The van der Waals surface area contributed by atoms with Crippen LogP contribution in [0.5, 0.6) is 0 Å². The summed E-state index contributed by atoms with van der Waals surface area (Å²) < 4.78 is 45.1. The Morgan fingerprint density at radius 2 is 1.80 bits per heavy atom. The van der Waals surface area contributed by atoms with Crippen LogP contribution in [0.4, 0.5) is 10.2 Å². The molecule has 2 aliphatic rings. The number of nitrogens with one attached hydrogen (secondary N) is 1. The largest absolute Gasteiger partial charge is 0.306 e. The molecule has 1 amide bonds. The highest BCUT2D eigenvalue weighted by atomic mass is 32.2. The molecule has 0 atom stereocenters. The Bertz CT molecular complexity index is 1390. The average Bonchev–Trinajstić information content (AvgIpc) is 3.59. The van der Waals surface area contributed by atoms with Crippen molar-refractivity contribution in [3.8, 4) is 11.5 Å². The number of rotatable bonds is 6. The molecular weight excluding hydrogens is 475 g/mol. The van der Waals surface area contributed by atoms with Crippen LogP contribution in [-0.4, -0.2) is 61.2 Å². The molecule has 0 radical (unpaired) electrons. The predicted octanol–water partition coefficient (Wildman–Crippen LogP) is 2.36. The van der Waals surface area contributed by atoms with E-state index >= 15 is 0 Å². The Kier molecular flexibility index (Phi) is 6.07. The van der Waals surface area contributed by atoms with Crippen LogP contribution in [-0.2, 0) is 23.3 Å². The van der Waals surface area contributed by atoms with Crippen molar-refractivity contribution in [2.24, 2.45) is 0 Å². The fourth-order valence-electron chi connectivity index (χ4n) is 4.33. The molecule has 3 aromatic rings. The van der Waals surface area contributed by atoms with Crippen molar-refractivity contribution in [2.75, 3.05) is 18.4 Å².